The van der Waals surface area contributed by atoms with Crippen molar-refractivity contribution in [2.24, 2.45) is 5.92 Å². The fourth-order valence-corrected chi connectivity index (χ4v) is 3.29. The largest absolute Gasteiger partial charge is 0.381 e. The van der Waals surface area contributed by atoms with Gasteiger partial charge in [-0.05, 0) is 38.5 Å². The van der Waals surface area contributed by atoms with Crippen molar-refractivity contribution in [3.05, 3.63) is 11.7 Å². The van der Waals surface area contributed by atoms with Gasteiger partial charge in [0.05, 0.1) is 0 Å². The fraction of sp³-hybridized carbons (Fsp3) is 0.824. The van der Waals surface area contributed by atoms with E-state index in [-0.39, 0.29) is 23.8 Å². The molecule has 0 aliphatic carbocycles. The minimum absolute atomic E-state index is 0.0965. The molecule has 3 rings (SSSR count). The van der Waals surface area contributed by atoms with E-state index >= 15 is 0 Å². The second-order valence-electron chi connectivity index (χ2n) is 7.23. The van der Waals surface area contributed by atoms with E-state index in [9.17, 15) is 4.79 Å². The van der Waals surface area contributed by atoms with Gasteiger partial charge in [0, 0.05) is 25.7 Å². The van der Waals surface area contributed by atoms with Crippen LogP contribution in [0.2, 0.25) is 0 Å². The van der Waals surface area contributed by atoms with Crippen LogP contribution in [-0.2, 0) is 14.3 Å². The molecule has 0 aromatic carbocycles. The summed E-state index contributed by atoms with van der Waals surface area (Å²) < 4.78 is 16.6. The number of amides is 1. The van der Waals surface area contributed by atoms with E-state index < -0.39 is 5.60 Å². The van der Waals surface area contributed by atoms with Crippen LogP contribution in [0.4, 0.5) is 0 Å². The molecule has 2 aliphatic heterocycles. The van der Waals surface area contributed by atoms with Gasteiger partial charge in [-0.3, -0.25) is 4.79 Å². The fourth-order valence-electron chi connectivity index (χ4n) is 3.29. The van der Waals surface area contributed by atoms with Crippen molar-refractivity contribution in [1.29, 1.82) is 0 Å². The molecule has 2 saturated heterocycles. The third-order valence-electron chi connectivity index (χ3n) is 4.96. The Kier molecular flexibility index (Phi) is 5.20. The van der Waals surface area contributed by atoms with Crippen molar-refractivity contribution >= 4 is 5.91 Å². The molecule has 2 atom stereocenters. The summed E-state index contributed by atoms with van der Waals surface area (Å²) in [6.07, 6.45) is 3.37. The minimum Gasteiger partial charge on any atom is -0.381 e. The Morgan fingerprint density at radius 2 is 2.04 bits per heavy atom. The van der Waals surface area contributed by atoms with Crippen molar-refractivity contribution in [2.75, 3.05) is 19.8 Å². The highest BCUT2D eigenvalue weighted by molar-refractivity contribution is 5.85. The molecule has 1 amide bonds. The Bertz CT molecular complexity index is 560. The van der Waals surface area contributed by atoms with Crippen LogP contribution in [0.25, 0.3) is 0 Å². The Labute approximate surface area is 142 Å². The van der Waals surface area contributed by atoms with Gasteiger partial charge in [-0.15, -0.1) is 0 Å². The standard InChI is InChI=1S/C17H27N3O4/c1-11(2)14-19-15(24-20-14)13(12-5-9-22-10-6-12)18-16(21)17(3)7-4-8-23-17/h11-13H,4-10H2,1-3H3,(H,18,21)/t13-,17+/m1/s1. The van der Waals surface area contributed by atoms with Gasteiger partial charge in [0.25, 0.3) is 5.91 Å². The lowest BCUT2D eigenvalue weighted by Gasteiger charge is -2.31. The van der Waals surface area contributed by atoms with Gasteiger partial charge in [-0.25, -0.2) is 0 Å². The topological polar surface area (TPSA) is 86.5 Å². The van der Waals surface area contributed by atoms with Crippen LogP contribution >= 0.6 is 0 Å². The molecule has 0 saturated carbocycles. The zero-order chi connectivity index (χ0) is 17.2. The summed E-state index contributed by atoms with van der Waals surface area (Å²) in [5.41, 5.74) is -0.760. The van der Waals surface area contributed by atoms with E-state index in [0.29, 0.717) is 31.5 Å². The molecular weight excluding hydrogens is 310 g/mol. The van der Waals surface area contributed by atoms with Crippen LogP contribution in [0.5, 0.6) is 0 Å². The Morgan fingerprint density at radius 3 is 2.62 bits per heavy atom. The Balaban J connectivity index is 1.79. The van der Waals surface area contributed by atoms with E-state index in [1.807, 2.05) is 20.8 Å². The van der Waals surface area contributed by atoms with Gasteiger partial charge < -0.3 is 19.3 Å². The summed E-state index contributed by atoms with van der Waals surface area (Å²) in [5.74, 6) is 1.47. The average Bonchev–Trinajstić information content (AvgIpc) is 3.23. The van der Waals surface area contributed by atoms with Crippen molar-refractivity contribution in [3.63, 3.8) is 0 Å². The van der Waals surface area contributed by atoms with E-state index in [1.165, 1.54) is 0 Å². The molecule has 0 unspecified atom stereocenters. The molecule has 3 heterocycles. The summed E-state index contributed by atoms with van der Waals surface area (Å²) in [6, 6.07) is -0.289. The van der Waals surface area contributed by atoms with Crippen molar-refractivity contribution < 1.29 is 18.8 Å². The third kappa shape index (κ3) is 3.62. The number of rotatable bonds is 5. The predicted octanol–water partition coefficient (Wildman–Crippen LogP) is 2.35. The molecule has 134 valence electrons. The minimum atomic E-state index is -0.760. The second-order valence-corrected chi connectivity index (χ2v) is 7.23. The van der Waals surface area contributed by atoms with Gasteiger partial charge in [0.15, 0.2) is 5.82 Å². The molecule has 1 N–H and O–H groups in total. The summed E-state index contributed by atoms with van der Waals surface area (Å²) in [6.45, 7) is 7.90. The first-order valence-corrected chi connectivity index (χ1v) is 8.86. The summed E-state index contributed by atoms with van der Waals surface area (Å²) in [7, 11) is 0. The van der Waals surface area contributed by atoms with Crippen LogP contribution in [0.1, 0.15) is 70.1 Å². The first-order valence-electron chi connectivity index (χ1n) is 8.86. The molecular formula is C17H27N3O4. The normalized spacial score (nSPS) is 26.7. The molecule has 7 nitrogen and oxygen atoms in total. The van der Waals surface area contributed by atoms with Crippen LogP contribution in [0.3, 0.4) is 0 Å². The molecule has 0 spiro atoms. The number of hydrogen-bond donors (Lipinski definition) is 1. The Morgan fingerprint density at radius 1 is 1.29 bits per heavy atom. The van der Waals surface area contributed by atoms with Crippen molar-refractivity contribution in [3.8, 4) is 0 Å². The van der Waals surface area contributed by atoms with Gasteiger partial charge in [-0.1, -0.05) is 19.0 Å². The number of carbonyl (C=O) groups excluding carboxylic acids is 1. The molecule has 2 fully saturated rings. The maximum Gasteiger partial charge on any atom is 0.252 e. The molecule has 2 aliphatic rings. The first kappa shape index (κ1) is 17.4. The number of ether oxygens (including phenoxy) is 2. The molecule has 0 bridgehead atoms. The lowest BCUT2D eigenvalue weighted by molar-refractivity contribution is -0.141. The van der Waals surface area contributed by atoms with E-state index in [4.69, 9.17) is 14.0 Å². The first-order chi connectivity index (χ1) is 11.5. The zero-order valence-electron chi connectivity index (χ0n) is 14.7. The van der Waals surface area contributed by atoms with Crippen LogP contribution in [0.15, 0.2) is 4.52 Å². The van der Waals surface area contributed by atoms with E-state index in [2.05, 4.69) is 15.5 Å². The van der Waals surface area contributed by atoms with E-state index in [1.54, 1.807) is 0 Å². The average molecular weight is 337 g/mol. The summed E-state index contributed by atoms with van der Waals surface area (Å²) >= 11 is 0. The zero-order valence-corrected chi connectivity index (χ0v) is 14.7. The lowest BCUT2D eigenvalue weighted by atomic mass is 9.90. The van der Waals surface area contributed by atoms with Crippen molar-refractivity contribution in [2.45, 2.75) is 64.0 Å². The lowest BCUT2D eigenvalue weighted by Crippen LogP contribution is -2.47. The molecule has 0 radical (unpaired) electrons. The van der Waals surface area contributed by atoms with E-state index in [0.717, 1.165) is 25.7 Å². The van der Waals surface area contributed by atoms with Crippen molar-refractivity contribution in [1.82, 2.24) is 15.5 Å². The predicted molar refractivity (Wildman–Crippen MR) is 86.4 cm³/mol. The summed E-state index contributed by atoms with van der Waals surface area (Å²) in [5, 5.41) is 7.18. The summed E-state index contributed by atoms with van der Waals surface area (Å²) in [4.78, 5) is 17.3. The quantitative estimate of drug-likeness (QED) is 0.887. The monoisotopic (exact) mass is 337 g/mol. The SMILES string of the molecule is CC(C)c1noc([C@H](NC(=O)[C@]2(C)CCCO2)C2CCOCC2)n1. The highest BCUT2D eigenvalue weighted by Crippen LogP contribution is 2.32. The maximum absolute atomic E-state index is 12.8. The van der Waals surface area contributed by atoms with Gasteiger partial charge in [0.1, 0.15) is 11.6 Å². The smallest absolute Gasteiger partial charge is 0.252 e. The number of carbonyl (C=O) groups is 1. The molecule has 1 aromatic heterocycles. The van der Waals surface area contributed by atoms with Crippen LogP contribution in [-0.4, -0.2) is 41.5 Å². The van der Waals surface area contributed by atoms with Gasteiger partial charge in [-0.2, -0.15) is 4.98 Å². The van der Waals surface area contributed by atoms with Gasteiger partial charge in [0.2, 0.25) is 5.89 Å². The number of nitrogens with one attached hydrogen (secondary N) is 1. The van der Waals surface area contributed by atoms with Gasteiger partial charge >= 0.3 is 0 Å². The number of aromatic nitrogens is 2. The molecule has 1 aromatic rings. The van der Waals surface area contributed by atoms with Crippen LogP contribution in [0, 0.1) is 5.92 Å². The highest BCUT2D eigenvalue weighted by Gasteiger charge is 2.41. The number of hydrogen-bond acceptors (Lipinski definition) is 6. The maximum atomic E-state index is 12.8. The molecule has 7 heteroatoms. The number of nitrogens with zero attached hydrogens (tertiary/aromatic N) is 2. The third-order valence-corrected chi connectivity index (χ3v) is 4.96. The molecule has 24 heavy (non-hydrogen) atoms. The second kappa shape index (κ2) is 7.19. The Hall–Kier alpha value is -1.47. The highest BCUT2D eigenvalue weighted by atomic mass is 16.5. The van der Waals surface area contributed by atoms with Crippen LogP contribution < -0.4 is 5.32 Å².